The second-order valence-electron chi connectivity index (χ2n) is 3.71. The van der Waals surface area contributed by atoms with Gasteiger partial charge in [-0.2, -0.15) is 5.26 Å². The largest absolute Gasteiger partial charge is 0.480 e. The summed E-state index contributed by atoms with van der Waals surface area (Å²) in [6.07, 6.45) is 0. The maximum Gasteiger partial charge on any atom is 0.321 e. The Morgan fingerprint density at radius 3 is 2.67 bits per heavy atom. The van der Waals surface area contributed by atoms with Crippen molar-refractivity contribution in [2.45, 2.75) is 18.7 Å². The van der Waals surface area contributed by atoms with E-state index in [1.807, 2.05) is 10.8 Å². The first-order chi connectivity index (χ1) is 8.35. The molecular weight excluding hydrogens is 256 g/mol. The lowest BCUT2D eigenvalue weighted by Crippen LogP contribution is -2.39. The van der Waals surface area contributed by atoms with E-state index in [0.29, 0.717) is 5.56 Å². The molecule has 0 aliphatic carbocycles. The van der Waals surface area contributed by atoms with Crippen LogP contribution in [0.15, 0.2) is 24.3 Å². The second-order valence-corrected chi connectivity index (χ2v) is 5.46. The van der Waals surface area contributed by atoms with Crippen molar-refractivity contribution in [1.82, 2.24) is 4.72 Å². The minimum atomic E-state index is -3.79. The van der Waals surface area contributed by atoms with Crippen LogP contribution in [0.2, 0.25) is 0 Å². The first kappa shape index (κ1) is 14.2. The predicted octanol–water partition coefficient (Wildman–Crippen LogP) is 0.451. The monoisotopic (exact) mass is 268 g/mol. The number of rotatable bonds is 5. The van der Waals surface area contributed by atoms with Crippen LogP contribution in [0.1, 0.15) is 18.1 Å². The fourth-order valence-corrected chi connectivity index (χ4v) is 2.71. The van der Waals surface area contributed by atoms with Crippen LogP contribution in [0.3, 0.4) is 0 Å². The Labute approximate surface area is 105 Å². The number of sulfonamides is 1. The van der Waals surface area contributed by atoms with Crippen LogP contribution in [0.25, 0.3) is 0 Å². The third-order valence-electron chi connectivity index (χ3n) is 2.21. The molecule has 0 bridgehead atoms. The first-order valence-corrected chi connectivity index (χ1v) is 6.72. The average molecular weight is 268 g/mol. The summed E-state index contributed by atoms with van der Waals surface area (Å²) in [5.74, 6) is -1.68. The molecule has 1 aromatic rings. The molecule has 0 aliphatic rings. The van der Waals surface area contributed by atoms with Crippen molar-refractivity contribution in [1.29, 1.82) is 5.26 Å². The van der Waals surface area contributed by atoms with Crippen LogP contribution in [0.4, 0.5) is 0 Å². The minimum absolute atomic E-state index is 0.255. The smallest absolute Gasteiger partial charge is 0.321 e. The van der Waals surface area contributed by atoms with E-state index < -0.39 is 27.8 Å². The molecule has 7 heteroatoms. The van der Waals surface area contributed by atoms with Crippen molar-refractivity contribution in [3.8, 4) is 6.07 Å². The van der Waals surface area contributed by atoms with Gasteiger partial charge in [-0.15, -0.1) is 0 Å². The number of aliphatic carboxylic acids is 1. The van der Waals surface area contributed by atoms with Gasteiger partial charge in [0.15, 0.2) is 0 Å². The molecule has 96 valence electrons. The molecule has 1 rings (SSSR count). The molecule has 0 aliphatic heterocycles. The normalized spacial score (nSPS) is 12.7. The number of carbonyl (C=O) groups is 1. The second kappa shape index (κ2) is 5.62. The highest BCUT2D eigenvalue weighted by Crippen LogP contribution is 2.11. The third kappa shape index (κ3) is 3.84. The molecule has 6 nitrogen and oxygen atoms in total. The average Bonchev–Trinajstić information content (AvgIpc) is 2.28. The summed E-state index contributed by atoms with van der Waals surface area (Å²) < 4.78 is 25.4. The number of nitriles is 1. The van der Waals surface area contributed by atoms with E-state index >= 15 is 0 Å². The van der Waals surface area contributed by atoms with Gasteiger partial charge < -0.3 is 5.11 Å². The van der Waals surface area contributed by atoms with Crippen molar-refractivity contribution < 1.29 is 18.3 Å². The number of nitrogens with zero attached hydrogens (tertiary/aromatic N) is 1. The highest BCUT2D eigenvalue weighted by Gasteiger charge is 2.20. The summed E-state index contributed by atoms with van der Waals surface area (Å²) in [7, 11) is -3.79. The Bertz CT molecular complexity index is 589. The van der Waals surface area contributed by atoms with E-state index in [0.717, 1.165) is 0 Å². The standard InChI is InChI=1S/C11H12N2O4S/c1-8(11(14)15)13-18(16,17)7-10-5-3-2-4-9(10)6-12/h2-5,8,13H,7H2,1H3,(H,14,15)/t8-/m0/s1. The molecule has 0 amide bonds. The molecule has 0 heterocycles. The number of hydrogen-bond donors (Lipinski definition) is 2. The molecule has 0 aromatic heterocycles. The maximum atomic E-state index is 11.7. The van der Waals surface area contributed by atoms with Gasteiger partial charge in [0.1, 0.15) is 6.04 Å². The summed E-state index contributed by atoms with van der Waals surface area (Å²) >= 11 is 0. The molecule has 1 aromatic carbocycles. The summed E-state index contributed by atoms with van der Waals surface area (Å²) in [5, 5.41) is 17.5. The zero-order valence-electron chi connectivity index (χ0n) is 9.62. The lowest BCUT2D eigenvalue weighted by molar-refractivity contribution is -0.138. The van der Waals surface area contributed by atoms with Gasteiger partial charge in [-0.25, -0.2) is 13.1 Å². The van der Waals surface area contributed by atoms with Gasteiger partial charge in [0.05, 0.1) is 17.4 Å². The number of carboxylic acids is 1. The minimum Gasteiger partial charge on any atom is -0.480 e. The SMILES string of the molecule is C[C@H](NS(=O)(=O)Cc1ccccc1C#N)C(=O)O. The quantitative estimate of drug-likeness (QED) is 0.806. The fourth-order valence-electron chi connectivity index (χ4n) is 1.32. The molecular formula is C11H12N2O4S. The van der Waals surface area contributed by atoms with Crippen LogP contribution in [0, 0.1) is 11.3 Å². The number of hydrogen-bond acceptors (Lipinski definition) is 4. The van der Waals surface area contributed by atoms with Crippen LogP contribution in [-0.4, -0.2) is 25.5 Å². The van der Waals surface area contributed by atoms with Gasteiger partial charge >= 0.3 is 5.97 Å². The van der Waals surface area contributed by atoms with E-state index in [4.69, 9.17) is 10.4 Å². The topological polar surface area (TPSA) is 107 Å². The van der Waals surface area contributed by atoms with E-state index in [9.17, 15) is 13.2 Å². The van der Waals surface area contributed by atoms with Crippen molar-refractivity contribution in [2.75, 3.05) is 0 Å². The lowest BCUT2D eigenvalue weighted by Gasteiger charge is -2.10. The van der Waals surface area contributed by atoms with Crippen LogP contribution in [-0.2, 0) is 20.6 Å². The third-order valence-corrected chi connectivity index (χ3v) is 3.61. The van der Waals surface area contributed by atoms with Gasteiger partial charge in [0.2, 0.25) is 10.0 Å². The van der Waals surface area contributed by atoms with Crippen molar-refractivity contribution in [3.05, 3.63) is 35.4 Å². The van der Waals surface area contributed by atoms with E-state index in [1.165, 1.54) is 19.1 Å². The molecule has 1 atom stereocenters. The Morgan fingerprint density at radius 2 is 2.11 bits per heavy atom. The van der Waals surface area contributed by atoms with Gasteiger partial charge in [-0.1, -0.05) is 18.2 Å². The zero-order chi connectivity index (χ0) is 13.8. The first-order valence-electron chi connectivity index (χ1n) is 5.06. The van der Waals surface area contributed by atoms with E-state index in [-0.39, 0.29) is 5.56 Å². The van der Waals surface area contributed by atoms with Gasteiger partial charge in [0, 0.05) is 0 Å². The number of carboxylic acid groups (broad SMARTS) is 1. The van der Waals surface area contributed by atoms with Gasteiger partial charge in [-0.05, 0) is 18.6 Å². The summed E-state index contributed by atoms with van der Waals surface area (Å²) in [5.41, 5.74) is 0.593. The summed E-state index contributed by atoms with van der Waals surface area (Å²) in [6.45, 7) is 1.23. The van der Waals surface area contributed by atoms with Crippen molar-refractivity contribution in [2.24, 2.45) is 0 Å². The van der Waals surface area contributed by atoms with Gasteiger partial charge in [0.25, 0.3) is 0 Å². The molecule has 18 heavy (non-hydrogen) atoms. The molecule has 0 radical (unpaired) electrons. The van der Waals surface area contributed by atoms with E-state index in [2.05, 4.69) is 0 Å². The molecule has 0 spiro atoms. The summed E-state index contributed by atoms with van der Waals surface area (Å²) in [6, 6.07) is 6.95. The highest BCUT2D eigenvalue weighted by atomic mass is 32.2. The van der Waals surface area contributed by atoms with Crippen LogP contribution < -0.4 is 4.72 Å². The summed E-state index contributed by atoms with van der Waals surface area (Å²) in [4.78, 5) is 10.6. The maximum absolute atomic E-state index is 11.7. The number of benzene rings is 1. The molecule has 2 N–H and O–H groups in total. The Kier molecular flexibility index (Phi) is 4.42. The van der Waals surface area contributed by atoms with Crippen molar-refractivity contribution in [3.63, 3.8) is 0 Å². The zero-order valence-corrected chi connectivity index (χ0v) is 10.4. The Morgan fingerprint density at radius 1 is 1.50 bits per heavy atom. The molecule has 0 fully saturated rings. The molecule has 0 saturated carbocycles. The fraction of sp³-hybridized carbons (Fsp3) is 0.273. The Balaban J connectivity index is 2.90. The van der Waals surface area contributed by atoms with E-state index in [1.54, 1.807) is 12.1 Å². The Hall–Kier alpha value is -1.91. The van der Waals surface area contributed by atoms with Gasteiger partial charge in [-0.3, -0.25) is 4.79 Å². The van der Waals surface area contributed by atoms with Crippen LogP contribution in [0.5, 0.6) is 0 Å². The molecule has 0 unspecified atom stereocenters. The van der Waals surface area contributed by atoms with Crippen molar-refractivity contribution >= 4 is 16.0 Å². The predicted molar refractivity (Wildman–Crippen MR) is 64.0 cm³/mol. The van der Waals surface area contributed by atoms with Crippen LogP contribution >= 0.6 is 0 Å². The number of nitrogens with one attached hydrogen (secondary N) is 1. The highest BCUT2D eigenvalue weighted by molar-refractivity contribution is 7.88. The lowest BCUT2D eigenvalue weighted by atomic mass is 10.1. The molecule has 0 saturated heterocycles.